The topological polar surface area (TPSA) is 57.6 Å². The van der Waals surface area contributed by atoms with Crippen LogP contribution in [0.15, 0.2) is 12.1 Å². The summed E-state index contributed by atoms with van der Waals surface area (Å²) in [5.41, 5.74) is 3.15. The summed E-state index contributed by atoms with van der Waals surface area (Å²) in [6.45, 7) is 4.36. The van der Waals surface area contributed by atoms with Gasteiger partial charge in [0.1, 0.15) is 0 Å². The van der Waals surface area contributed by atoms with Gasteiger partial charge in [-0.1, -0.05) is 6.92 Å². The van der Waals surface area contributed by atoms with Crippen molar-refractivity contribution in [3.8, 4) is 0 Å². The zero-order valence-electron chi connectivity index (χ0n) is 10.9. The van der Waals surface area contributed by atoms with Crippen molar-refractivity contribution in [3.05, 3.63) is 26.8 Å². The summed E-state index contributed by atoms with van der Waals surface area (Å²) in [6.07, 6.45) is 0.999. The standard InChI is InChI=1S/C14H16INO3/c1-3-9-5-11(4-8(2)13(9)15)16-7-10(14(18)19)6-12(16)17/h4-5,10H,3,6-7H2,1-2H3,(H,18,19)/t10-/m0/s1. The van der Waals surface area contributed by atoms with E-state index in [4.69, 9.17) is 5.11 Å². The molecule has 1 fully saturated rings. The lowest BCUT2D eigenvalue weighted by Gasteiger charge is -2.19. The number of benzene rings is 1. The third-order valence-corrected chi connectivity index (χ3v) is 5.03. The Kier molecular flexibility index (Phi) is 4.13. The molecule has 1 saturated heterocycles. The lowest BCUT2D eigenvalue weighted by atomic mass is 10.1. The zero-order valence-corrected chi connectivity index (χ0v) is 13.1. The van der Waals surface area contributed by atoms with Gasteiger partial charge in [-0.3, -0.25) is 9.59 Å². The summed E-state index contributed by atoms with van der Waals surface area (Å²) in [7, 11) is 0. The van der Waals surface area contributed by atoms with Crippen LogP contribution in [0.5, 0.6) is 0 Å². The quantitative estimate of drug-likeness (QED) is 0.829. The molecule has 0 bridgehead atoms. The van der Waals surface area contributed by atoms with Crippen molar-refractivity contribution in [1.82, 2.24) is 0 Å². The lowest BCUT2D eigenvalue weighted by Crippen LogP contribution is -2.26. The first-order valence-electron chi connectivity index (χ1n) is 6.26. The molecule has 102 valence electrons. The van der Waals surface area contributed by atoms with E-state index in [-0.39, 0.29) is 18.9 Å². The Bertz CT molecular complexity index is 542. The number of hydrogen-bond acceptors (Lipinski definition) is 2. The summed E-state index contributed by atoms with van der Waals surface area (Å²) in [6, 6.07) is 3.96. The molecule has 1 aliphatic rings. The van der Waals surface area contributed by atoms with E-state index >= 15 is 0 Å². The van der Waals surface area contributed by atoms with Gasteiger partial charge >= 0.3 is 5.97 Å². The monoisotopic (exact) mass is 373 g/mol. The highest BCUT2D eigenvalue weighted by Crippen LogP contribution is 2.30. The number of rotatable bonds is 3. The summed E-state index contributed by atoms with van der Waals surface area (Å²) >= 11 is 2.31. The van der Waals surface area contributed by atoms with E-state index in [2.05, 4.69) is 29.5 Å². The second-order valence-corrected chi connectivity index (χ2v) is 5.91. The Morgan fingerprint density at radius 2 is 2.21 bits per heavy atom. The molecule has 0 radical (unpaired) electrons. The minimum atomic E-state index is -0.895. The fraction of sp³-hybridized carbons (Fsp3) is 0.429. The molecule has 0 aromatic heterocycles. The van der Waals surface area contributed by atoms with Crippen LogP contribution in [0.25, 0.3) is 0 Å². The van der Waals surface area contributed by atoms with Crippen molar-refractivity contribution in [1.29, 1.82) is 0 Å². The van der Waals surface area contributed by atoms with Crippen molar-refractivity contribution >= 4 is 40.2 Å². The van der Waals surface area contributed by atoms with Gasteiger partial charge in [0.25, 0.3) is 0 Å². The van der Waals surface area contributed by atoms with Crippen LogP contribution in [0.3, 0.4) is 0 Å². The molecule has 0 saturated carbocycles. The molecule has 1 N–H and O–H groups in total. The van der Waals surface area contributed by atoms with Crippen LogP contribution in [-0.2, 0) is 16.0 Å². The minimum Gasteiger partial charge on any atom is -0.481 e. The number of anilines is 1. The summed E-state index contributed by atoms with van der Waals surface area (Å²) < 4.78 is 1.21. The SMILES string of the molecule is CCc1cc(N2C[C@@H](C(=O)O)CC2=O)cc(C)c1I. The average molecular weight is 373 g/mol. The van der Waals surface area contributed by atoms with Gasteiger partial charge in [-0.25, -0.2) is 0 Å². The van der Waals surface area contributed by atoms with Gasteiger partial charge in [-0.15, -0.1) is 0 Å². The molecular formula is C14H16INO3. The molecule has 1 aromatic rings. The number of aryl methyl sites for hydroxylation is 2. The second-order valence-electron chi connectivity index (χ2n) is 4.83. The highest BCUT2D eigenvalue weighted by molar-refractivity contribution is 14.1. The maximum Gasteiger partial charge on any atom is 0.308 e. The summed E-state index contributed by atoms with van der Waals surface area (Å²) in [5, 5.41) is 9.02. The highest BCUT2D eigenvalue weighted by Gasteiger charge is 2.35. The van der Waals surface area contributed by atoms with Gasteiger partial charge < -0.3 is 10.0 Å². The number of carboxylic acid groups (broad SMARTS) is 1. The molecule has 1 atom stereocenters. The molecule has 2 rings (SSSR count). The first-order chi connectivity index (χ1) is 8.93. The molecule has 1 heterocycles. The number of carbonyl (C=O) groups is 2. The number of carbonyl (C=O) groups excluding carboxylic acids is 1. The van der Waals surface area contributed by atoms with E-state index in [9.17, 15) is 9.59 Å². The molecule has 4 nitrogen and oxygen atoms in total. The van der Waals surface area contributed by atoms with E-state index in [0.29, 0.717) is 0 Å². The first kappa shape index (κ1) is 14.3. The third-order valence-electron chi connectivity index (χ3n) is 3.48. The fourth-order valence-electron chi connectivity index (χ4n) is 2.36. The number of hydrogen-bond donors (Lipinski definition) is 1. The molecule has 1 amide bonds. The van der Waals surface area contributed by atoms with Crippen LogP contribution < -0.4 is 4.90 Å². The molecule has 0 aliphatic carbocycles. The fourth-order valence-corrected chi connectivity index (χ4v) is 3.05. The number of aliphatic carboxylic acids is 1. The van der Waals surface area contributed by atoms with E-state index in [1.807, 2.05) is 19.1 Å². The molecular weight excluding hydrogens is 357 g/mol. The molecule has 5 heteroatoms. The molecule has 19 heavy (non-hydrogen) atoms. The van der Waals surface area contributed by atoms with Gasteiger partial charge in [0.05, 0.1) is 5.92 Å². The van der Waals surface area contributed by atoms with Gasteiger partial charge in [-0.2, -0.15) is 0 Å². The normalized spacial score (nSPS) is 19.0. The number of amides is 1. The van der Waals surface area contributed by atoms with Crippen LogP contribution in [0.2, 0.25) is 0 Å². The van der Waals surface area contributed by atoms with Crippen molar-refractivity contribution in [3.63, 3.8) is 0 Å². The van der Waals surface area contributed by atoms with Crippen LogP contribution in [0.4, 0.5) is 5.69 Å². The van der Waals surface area contributed by atoms with Gasteiger partial charge in [-0.05, 0) is 59.2 Å². The largest absolute Gasteiger partial charge is 0.481 e. The summed E-state index contributed by atoms with van der Waals surface area (Å²) in [4.78, 5) is 24.5. The van der Waals surface area contributed by atoms with Gasteiger partial charge in [0, 0.05) is 22.2 Å². The molecule has 0 unspecified atom stereocenters. The van der Waals surface area contributed by atoms with E-state index in [1.165, 1.54) is 9.13 Å². The average Bonchev–Trinajstić information content (AvgIpc) is 2.75. The predicted octanol–water partition coefficient (Wildman–Crippen LogP) is 2.60. The molecule has 0 spiro atoms. The highest BCUT2D eigenvalue weighted by atomic mass is 127. The van der Waals surface area contributed by atoms with Gasteiger partial charge in [0.15, 0.2) is 0 Å². The van der Waals surface area contributed by atoms with Crippen LogP contribution >= 0.6 is 22.6 Å². The smallest absolute Gasteiger partial charge is 0.308 e. The van der Waals surface area contributed by atoms with Crippen LogP contribution in [0, 0.1) is 16.4 Å². The zero-order chi connectivity index (χ0) is 14.2. The Morgan fingerprint density at radius 3 is 2.74 bits per heavy atom. The molecule has 1 aliphatic heterocycles. The maximum atomic E-state index is 11.9. The Morgan fingerprint density at radius 1 is 1.53 bits per heavy atom. The number of halogens is 1. The van der Waals surface area contributed by atoms with Crippen LogP contribution in [0.1, 0.15) is 24.5 Å². The van der Waals surface area contributed by atoms with E-state index in [0.717, 1.165) is 17.7 Å². The van der Waals surface area contributed by atoms with E-state index in [1.54, 1.807) is 4.90 Å². The van der Waals surface area contributed by atoms with Crippen molar-refractivity contribution < 1.29 is 14.7 Å². The minimum absolute atomic E-state index is 0.0990. The number of nitrogens with zero attached hydrogens (tertiary/aromatic N) is 1. The maximum absolute atomic E-state index is 11.9. The lowest BCUT2D eigenvalue weighted by molar-refractivity contribution is -0.141. The van der Waals surface area contributed by atoms with Crippen molar-refractivity contribution in [2.24, 2.45) is 5.92 Å². The first-order valence-corrected chi connectivity index (χ1v) is 7.34. The molecule has 1 aromatic carbocycles. The van der Waals surface area contributed by atoms with Crippen molar-refractivity contribution in [2.75, 3.05) is 11.4 Å². The predicted molar refractivity (Wildman–Crippen MR) is 81.4 cm³/mol. The van der Waals surface area contributed by atoms with Crippen LogP contribution in [-0.4, -0.2) is 23.5 Å². The Hall–Kier alpha value is -1.11. The summed E-state index contributed by atoms with van der Waals surface area (Å²) in [5.74, 6) is -1.58. The van der Waals surface area contributed by atoms with E-state index < -0.39 is 11.9 Å². The van der Waals surface area contributed by atoms with Crippen molar-refractivity contribution in [2.45, 2.75) is 26.7 Å². The Balaban J connectivity index is 2.35. The second kappa shape index (κ2) is 5.48. The number of carboxylic acids is 1. The van der Waals surface area contributed by atoms with Gasteiger partial charge in [0.2, 0.25) is 5.91 Å². The third kappa shape index (κ3) is 2.75. The Labute approximate surface area is 125 Å².